The van der Waals surface area contributed by atoms with Crippen LogP contribution in [0.15, 0.2) is 28.3 Å². The van der Waals surface area contributed by atoms with Crippen molar-refractivity contribution in [3.05, 3.63) is 23.4 Å². The maximum atomic E-state index is 9.78. The molecule has 16 heavy (non-hydrogen) atoms. The number of likely N-dealkylation sites (tertiary alicyclic amines) is 1. The summed E-state index contributed by atoms with van der Waals surface area (Å²) in [6, 6.07) is 0. The van der Waals surface area contributed by atoms with Crippen LogP contribution in [0.1, 0.15) is 32.1 Å². The summed E-state index contributed by atoms with van der Waals surface area (Å²) in [5, 5.41) is 9.78. The second-order valence-corrected chi connectivity index (χ2v) is 4.35. The molecule has 0 aromatic heterocycles. The molecule has 3 N–H and O–H groups in total. The highest BCUT2D eigenvalue weighted by molar-refractivity contribution is 5.67. The Labute approximate surface area is 96.2 Å². The summed E-state index contributed by atoms with van der Waals surface area (Å²) < 4.78 is 0. The number of aliphatic hydroxyl groups is 1. The molecule has 0 aromatic rings. The average molecular weight is 221 g/mol. The second kappa shape index (κ2) is 5.05. The van der Waals surface area contributed by atoms with Gasteiger partial charge in [-0.2, -0.15) is 0 Å². The van der Waals surface area contributed by atoms with Crippen LogP contribution in [0.4, 0.5) is 0 Å². The molecule has 4 nitrogen and oxygen atoms in total. The van der Waals surface area contributed by atoms with Crippen molar-refractivity contribution >= 4 is 6.21 Å². The highest BCUT2D eigenvalue weighted by Gasteiger charge is 2.13. The summed E-state index contributed by atoms with van der Waals surface area (Å²) in [5.74, 6) is 0.374. The quantitative estimate of drug-likeness (QED) is 0.711. The van der Waals surface area contributed by atoms with Gasteiger partial charge in [-0.05, 0) is 12.8 Å². The van der Waals surface area contributed by atoms with Crippen LogP contribution in [-0.4, -0.2) is 29.3 Å². The zero-order chi connectivity index (χ0) is 11.4. The van der Waals surface area contributed by atoms with Crippen LogP contribution in [0.3, 0.4) is 0 Å². The maximum absolute atomic E-state index is 9.78. The predicted molar refractivity (Wildman–Crippen MR) is 65.1 cm³/mol. The van der Waals surface area contributed by atoms with E-state index in [-0.39, 0.29) is 11.6 Å². The molecular formula is C12H19N3O. The van der Waals surface area contributed by atoms with Gasteiger partial charge < -0.3 is 15.7 Å². The molecule has 0 unspecified atom stereocenters. The molecule has 0 atom stereocenters. The summed E-state index contributed by atoms with van der Waals surface area (Å²) in [6.07, 6.45) is 9.55. The first-order valence-corrected chi connectivity index (χ1v) is 5.94. The van der Waals surface area contributed by atoms with E-state index in [0.29, 0.717) is 6.42 Å². The minimum Gasteiger partial charge on any atom is -0.504 e. The van der Waals surface area contributed by atoms with Gasteiger partial charge in [0.25, 0.3) is 0 Å². The SMILES string of the molecule is NC1=C(O)C(=CN2CCCCCC2)CC=N1. The van der Waals surface area contributed by atoms with E-state index >= 15 is 0 Å². The molecule has 0 aliphatic carbocycles. The smallest absolute Gasteiger partial charge is 0.165 e. The van der Waals surface area contributed by atoms with Crippen LogP contribution in [-0.2, 0) is 0 Å². The molecule has 0 saturated carbocycles. The molecular weight excluding hydrogens is 202 g/mol. The maximum Gasteiger partial charge on any atom is 0.165 e. The van der Waals surface area contributed by atoms with Gasteiger partial charge in [0.15, 0.2) is 11.6 Å². The van der Waals surface area contributed by atoms with Crippen LogP contribution in [0.25, 0.3) is 0 Å². The van der Waals surface area contributed by atoms with Crippen molar-refractivity contribution in [2.75, 3.05) is 13.1 Å². The lowest BCUT2D eigenvalue weighted by Gasteiger charge is -2.20. The van der Waals surface area contributed by atoms with Gasteiger partial charge in [0.1, 0.15) is 0 Å². The molecule has 2 heterocycles. The molecule has 0 radical (unpaired) electrons. The van der Waals surface area contributed by atoms with E-state index in [2.05, 4.69) is 9.89 Å². The monoisotopic (exact) mass is 221 g/mol. The summed E-state index contributed by atoms with van der Waals surface area (Å²) in [7, 11) is 0. The fourth-order valence-corrected chi connectivity index (χ4v) is 2.12. The van der Waals surface area contributed by atoms with Crippen molar-refractivity contribution in [2.24, 2.45) is 10.7 Å². The number of rotatable bonds is 1. The van der Waals surface area contributed by atoms with Gasteiger partial charge in [0, 0.05) is 37.5 Å². The Morgan fingerprint density at radius 1 is 1.25 bits per heavy atom. The molecule has 88 valence electrons. The fourth-order valence-electron chi connectivity index (χ4n) is 2.12. The van der Waals surface area contributed by atoms with Gasteiger partial charge in [-0.15, -0.1) is 0 Å². The Morgan fingerprint density at radius 3 is 2.62 bits per heavy atom. The molecule has 0 spiro atoms. The lowest BCUT2D eigenvalue weighted by Crippen LogP contribution is -2.20. The van der Waals surface area contributed by atoms with Gasteiger partial charge in [-0.25, -0.2) is 4.99 Å². The molecule has 1 saturated heterocycles. The van der Waals surface area contributed by atoms with Gasteiger partial charge >= 0.3 is 0 Å². The van der Waals surface area contributed by atoms with E-state index < -0.39 is 0 Å². The molecule has 2 rings (SSSR count). The summed E-state index contributed by atoms with van der Waals surface area (Å²) in [4.78, 5) is 6.18. The Kier molecular flexibility index (Phi) is 3.49. The summed E-state index contributed by atoms with van der Waals surface area (Å²) >= 11 is 0. The highest BCUT2D eigenvalue weighted by atomic mass is 16.3. The third-order valence-corrected chi connectivity index (χ3v) is 3.07. The Bertz CT molecular complexity index is 336. The first-order valence-electron chi connectivity index (χ1n) is 5.94. The fraction of sp³-hybridized carbons (Fsp3) is 0.583. The van der Waals surface area contributed by atoms with Crippen molar-refractivity contribution in [1.82, 2.24) is 4.90 Å². The van der Waals surface area contributed by atoms with Crippen molar-refractivity contribution in [1.29, 1.82) is 0 Å². The highest BCUT2D eigenvalue weighted by Crippen LogP contribution is 2.19. The number of nitrogens with two attached hydrogens (primary N) is 1. The zero-order valence-corrected chi connectivity index (χ0v) is 9.52. The van der Waals surface area contributed by atoms with E-state index in [9.17, 15) is 5.11 Å². The third-order valence-electron chi connectivity index (χ3n) is 3.07. The van der Waals surface area contributed by atoms with Crippen LogP contribution in [0.2, 0.25) is 0 Å². The number of nitrogens with zero attached hydrogens (tertiary/aromatic N) is 2. The van der Waals surface area contributed by atoms with E-state index in [1.54, 1.807) is 6.21 Å². The molecule has 4 heteroatoms. The van der Waals surface area contributed by atoms with Crippen molar-refractivity contribution in [2.45, 2.75) is 32.1 Å². The molecule has 2 aliphatic rings. The Hall–Kier alpha value is -1.45. The Morgan fingerprint density at radius 2 is 1.94 bits per heavy atom. The minimum absolute atomic E-state index is 0.145. The molecule has 0 amide bonds. The van der Waals surface area contributed by atoms with Crippen LogP contribution >= 0.6 is 0 Å². The zero-order valence-electron chi connectivity index (χ0n) is 9.52. The van der Waals surface area contributed by atoms with Gasteiger partial charge in [-0.3, -0.25) is 0 Å². The second-order valence-electron chi connectivity index (χ2n) is 4.35. The van der Waals surface area contributed by atoms with Crippen LogP contribution < -0.4 is 5.73 Å². The van der Waals surface area contributed by atoms with Gasteiger partial charge in [-0.1, -0.05) is 12.8 Å². The molecule has 2 aliphatic heterocycles. The van der Waals surface area contributed by atoms with Crippen LogP contribution in [0.5, 0.6) is 0 Å². The Balaban J connectivity index is 2.08. The molecule has 1 fully saturated rings. The van der Waals surface area contributed by atoms with Crippen LogP contribution in [0, 0.1) is 0 Å². The summed E-state index contributed by atoms with van der Waals surface area (Å²) in [6.45, 7) is 2.15. The predicted octanol–water partition coefficient (Wildman–Crippen LogP) is 1.91. The number of hydrogen-bond donors (Lipinski definition) is 2. The topological polar surface area (TPSA) is 61.9 Å². The van der Waals surface area contributed by atoms with E-state index in [4.69, 9.17) is 5.73 Å². The average Bonchev–Trinajstić information content (AvgIpc) is 2.53. The first kappa shape index (κ1) is 11.0. The number of allylic oxidation sites excluding steroid dienone is 1. The minimum atomic E-state index is 0.145. The van der Waals surface area contributed by atoms with Crippen molar-refractivity contribution in [3.8, 4) is 0 Å². The number of hydrogen-bond acceptors (Lipinski definition) is 4. The molecule has 0 aromatic carbocycles. The van der Waals surface area contributed by atoms with E-state index in [1.165, 1.54) is 25.7 Å². The first-order chi connectivity index (χ1) is 7.77. The van der Waals surface area contributed by atoms with E-state index in [0.717, 1.165) is 18.7 Å². The van der Waals surface area contributed by atoms with Crippen molar-refractivity contribution in [3.63, 3.8) is 0 Å². The third kappa shape index (κ3) is 2.56. The normalized spacial score (nSPS) is 25.0. The lowest BCUT2D eigenvalue weighted by molar-refractivity contribution is 0.374. The largest absolute Gasteiger partial charge is 0.504 e. The summed E-state index contributed by atoms with van der Waals surface area (Å²) in [5.41, 5.74) is 6.46. The van der Waals surface area contributed by atoms with Crippen molar-refractivity contribution < 1.29 is 5.11 Å². The van der Waals surface area contributed by atoms with Gasteiger partial charge in [0.2, 0.25) is 0 Å². The number of aliphatic imine (C=N–C) groups is 1. The number of aliphatic hydroxyl groups excluding tert-OH is 1. The standard InChI is InChI=1S/C12H19N3O/c13-12-11(16)10(5-6-14-12)9-15-7-3-1-2-4-8-15/h6,9,16H,1-5,7-8,13H2. The lowest BCUT2D eigenvalue weighted by atomic mass is 10.1. The van der Waals surface area contributed by atoms with Gasteiger partial charge in [0.05, 0.1) is 0 Å². The molecule has 0 bridgehead atoms. The van der Waals surface area contributed by atoms with E-state index in [1.807, 2.05) is 6.20 Å².